The Bertz CT molecular complexity index is 1320. The van der Waals surface area contributed by atoms with Crippen molar-refractivity contribution in [1.82, 2.24) is 14.8 Å². The van der Waals surface area contributed by atoms with E-state index in [4.69, 9.17) is 23.2 Å². The van der Waals surface area contributed by atoms with E-state index in [1.54, 1.807) is 25.1 Å². The molecule has 4 rings (SSSR count). The molecule has 0 aliphatic carbocycles. The molecule has 164 valence electrons. The van der Waals surface area contributed by atoms with Gasteiger partial charge in [-0.2, -0.15) is 9.80 Å². The van der Waals surface area contributed by atoms with Crippen molar-refractivity contribution in [3.8, 4) is 16.4 Å². The number of unbranched alkanes of at least 4 members (excludes halogenated alkanes) is 1. The van der Waals surface area contributed by atoms with E-state index < -0.39 is 0 Å². The van der Waals surface area contributed by atoms with E-state index in [0.717, 1.165) is 17.7 Å². The van der Waals surface area contributed by atoms with Crippen LogP contribution in [0.15, 0.2) is 62.9 Å². The molecule has 0 aliphatic rings. The van der Waals surface area contributed by atoms with Crippen molar-refractivity contribution < 1.29 is 0 Å². The average molecular weight is 486 g/mol. The number of aromatic nitrogens is 3. The summed E-state index contributed by atoms with van der Waals surface area (Å²) < 4.78 is 1.39. The van der Waals surface area contributed by atoms with E-state index in [-0.39, 0.29) is 11.2 Å². The van der Waals surface area contributed by atoms with Gasteiger partial charge in [0.05, 0.1) is 27.1 Å². The van der Waals surface area contributed by atoms with Crippen LogP contribution in [0.25, 0.3) is 16.4 Å². The normalized spacial score (nSPS) is 11.5. The smallest absolute Gasteiger partial charge is 0.291 e. The van der Waals surface area contributed by atoms with Crippen LogP contribution in [0.2, 0.25) is 10.0 Å². The maximum Gasteiger partial charge on any atom is 0.301 e. The van der Waals surface area contributed by atoms with Gasteiger partial charge in [-0.15, -0.1) is 16.5 Å². The summed E-state index contributed by atoms with van der Waals surface area (Å²) in [6.07, 6.45) is 3.44. The van der Waals surface area contributed by atoms with Gasteiger partial charge in [0.15, 0.2) is 5.69 Å². The zero-order chi connectivity index (χ0) is 22.7. The number of halogens is 2. The van der Waals surface area contributed by atoms with Gasteiger partial charge < -0.3 is 0 Å². The lowest BCUT2D eigenvalue weighted by molar-refractivity contribution is 0.795. The summed E-state index contributed by atoms with van der Waals surface area (Å²) in [5.41, 5.74) is 4.16. The molecule has 9 heteroatoms. The van der Waals surface area contributed by atoms with Gasteiger partial charge in [-0.3, -0.25) is 9.89 Å². The SMILES string of the molecule is CCCCc1ccc(-c2csc(-n3[nH]c(C)c(N=Nc4ccc(Cl)c(Cl)c4)c3=O)n2)cc1. The first-order valence-electron chi connectivity index (χ1n) is 10.2. The summed E-state index contributed by atoms with van der Waals surface area (Å²) in [5, 5.41) is 14.6. The number of thiazole rings is 1. The molecule has 6 nitrogen and oxygen atoms in total. The van der Waals surface area contributed by atoms with Gasteiger partial charge in [0, 0.05) is 10.9 Å². The first kappa shape index (κ1) is 22.5. The number of aromatic amines is 1. The number of hydrogen-bond donors (Lipinski definition) is 1. The molecule has 0 fully saturated rings. The maximum atomic E-state index is 12.9. The van der Waals surface area contributed by atoms with Crippen LogP contribution in [0.4, 0.5) is 11.4 Å². The van der Waals surface area contributed by atoms with Crippen LogP contribution in [0, 0.1) is 6.92 Å². The van der Waals surface area contributed by atoms with Gasteiger partial charge in [-0.25, -0.2) is 4.98 Å². The number of hydrogen-bond acceptors (Lipinski definition) is 5. The van der Waals surface area contributed by atoms with E-state index in [2.05, 4.69) is 51.5 Å². The van der Waals surface area contributed by atoms with Crippen molar-refractivity contribution in [1.29, 1.82) is 0 Å². The van der Waals surface area contributed by atoms with Gasteiger partial charge in [0.2, 0.25) is 5.13 Å². The highest BCUT2D eigenvalue weighted by atomic mass is 35.5. The van der Waals surface area contributed by atoms with Crippen molar-refractivity contribution in [3.05, 3.63) is 79.5 Å². The number of aryl methyl sites for hydroxylation is 2. The number of rotatable bonds is 7. The Morgan fingerprint density at radius 2 is 1.88 bits per heavy atom. The molecule has 32 heavy (non-hydrogen) atoms. The number of H-pyrrole nitrogens is 1. The van der Waals surface area contributed by atoms with Crippen LogP contribution in [0.3, 0.4) is 0 Å². The topological polar surface area (TPSA) is 75.4 Å². The molecule has 2 heterocycles. The van der Waals surface area contributed by atoms with Gasteiger partial charge >= 0.3 is 5.56 Å². The predicted molar refractivity (Wildman–Crippen MR) is 131 cm³/mol. The molecule has 0 bridgehead atoms. The monoisotopic (exact) mass is 485 g/mol. The van der Waals surface area contributed by atoms with Crippen molar-refractivity contribution in [3.63, 3.8) is 0 Å². The zero-order valence-corrected chi connectivity index (χ0v) is 19.9. The fourth-order valence-electron chi connectivity index (χ4n) is 3.17. The fourth-order valence-corrected chi connectivity index (χ4v) is 4.25. The summed E-state index contributed by atoms with van der Waals surface area (Å²) in [6, 6.07) is 13.3. The molecular weight excluding hydrogens is 465 g/mol. The highest BCUT2D eigenvalue weighted by Crippen LogP contribution is 2.28. The third-order valence-corrected chi connectivity index (χ3v) is 6.53. The molecule has 0 unspecified atom stereocenters. The first-order chi connectivity index (χ1) is 15.5. The lowest BCUT2D eigenvalue weighted by Gasteiger charge is -2.01. The highest BCUT2D eigenvalue weighted by Gasteiger charge is 2.15. The number of benzene rings is 2. The summed E-state index contributed by atoms with van der Waals surface area (Å²) >= 11 is 13.3. The molecule has 0 spiro atoms. The third kappa shape index (κ3) is 4.85. The lowest BCUT2D eigenvalue weighted by Crippen LogP contribution is -2.13. The molecule has 0 saturated carbocycles. The Hall–Kier alpha value is -2.74. The van der Waals surface area contributed by atoms with Crippen LogP contribution in [0.5, 0.6) is 0 Å². The van der Waals surface area contributed by atoms with Gasteiger partial charge in [0.25, 0.3) is 0 Å². The number of nitrogens with zero attached hydrogens (tertiary/aromatic N) is 4. The molecule has 2 aromatic carbocycles. The highest BCUT2D eigenvalue weighted by molar-refractivity contribution is 7.12. The molecule has 1 N–H and O–H groups in total. The van der Waals surface area contributed by atoms with Crippen LogP contribution in [-0.4, -0.2) is 14.8 Å². The van der Waals surface area contributed by atoms with Gasteiger partial charge in [0.1, 0.15) is 0 Å². The van der Waals surface area contributed by atoms with Crippen LogP contribution >= 0.6 is 34.5 Å². The summed E-state index contributed by atoms with van der Waals surface area (Å²) in [4.78, 5) is 17.6. The standard InChI is InChI=1S/C23H21Cl2N5OS/c1-3-4-5-15-6-8-16(9-7-15)20-13-32-23(26-20)30-22(31)21(14(2)29-30)28-27-17-10-11-18(24)19(25)12-17/h6-13,29H,3-5H2,1-2H3. The van der Waals surface area contributed by atoms with Crippen LogP contribution < -0.4 is 5.56 Å². The molecular formula is C23H21Cl2N5OS. The Morgan fingerprint density at radius 3 is 2.59 bits per heavy atom. The van der Waals surface area contributed by atoms with Crippen molar-refractivity contribution >= 4 is 45.9 Å². The number of nitrogens with one attached hydrogen (secondary N) is 1. The van der Waals surface area contributed by atoms with Crippen LogP contribution in [0.1, 0.15) is 31.0 Å². The molecule has 0 atom stereocenters. The molecule has 4 aromatic rings. The second kappa shape index (κ2) is 9.81. The van der Waals surface area contributed by atoms with E-state index in [1.165, 1.54) is 34.4 Å². The maximum absolute atomic E-state index is 12.9. The minimum absolute atomic E-state index is 0.216. The average Bonchev–Trinajstić information content (AvgIpc) is 3.38. The minimum atomic E-state index is -0.317. The molecule has 2 aromatic heterocycles. The van der Waals surface area contributed by atoms with Crippen molar-refractivity contribution in [2.24, 2.45) is 10.2 Å². The molecule has 0 aliphatic heterocycles. The van der Waals surface area contributed by atoms with Gasteiger partial charge in [-0.1, -0.05) is 60.8 Å². The quantitative estimate of drug-likeness (QED) is 0.272. The van der Waals surface area contributed by atoms with Crippen LogP contribution in [-0.2, 0) is 6.42 Å². The second-order valence-electron chi connectivity index (χ2n) is 7.34. The molecule has 0 saturated heterocycles. The largest absolute Gasteiger partial charge is 0.301 e. The Balaban J connectivity index is 1.58. The Kier molecular flexibility index (Phi) is 6.89. The Labute approximate surface area is 199 Å². The Morgan fingerprint density at radius 1 is 1.09 bits per heavy atom. The third-order valence-electron chi connectivity index (χ3n) is 4.96. The molecule has 0 radical (unpaired) electrons. The van der Waals surface area contributed by atoms with E-state index >= 15 is 0 Å². The number of azo groups is 1. The summed E-state index contributed by atoms with van der Waals surface area (Å²) in [5.74, 6) is 0. The van der Waals surface area contributed by atoms with Crippen molar-refractivity contribution in [2.75, 3.05) is 0 Å². The van der Waals surface area contributed by atoms with E-state index in [9.17, 15) is 4.79 Å². The molecule has 0 amide bonds. The minimum Gasteiger partial charge on any atom is -0.291 e. The van der Waals surface area contributed by atoms with Gasteiger partial charge in [-0.05, 0) is 43.5 Å². The lowest BCUT2D eigenvalue weighted by atomic mass is 10.1. The zero-order valence-electron chi connectivity index (χ0n) is 17.6. The fraction of sp³-hybridized carbons (Fsp3) is 0.217. The summed E-state index contributed by atoms with van der Waals surface area (Å²) in [7, 11) is 0. The van der Waals surface area contributed by atoms with Crippen molar-refractivity contribution in [2.45, 2.75) is 33.1 Å². The van der Waals surface area contributed by atoms with E-state index in [1.807, 2.05) is 5.38 Å². The first-order valence-corrected chi connectivity index (χ1v) is 11.8. The van der Waals surface area contributed by atoms with E-state index in [0.29, 0.717) is 26.6 Å². The second-order valence-corrected chi connectivity index (χ2v) is 8.99. The summed E-state index contributed by atoms with van der Waals surface area (Å²) in [6.45, 7) is 3.96. The predicted octanol–water partition coefficient (Wildman–Crippen LogP) is 7.66.